The minimum Gasteiger partial charge on any atom is -0.398 e. The highest BCUT2D eigenvalue weighted by Gasteiger charge is 2.20. The summed E-state index contributed by atoms with van der Waals surface area (Å²) in [4.78, 5) is 0. The zero-order valence-electron chi connectivity index (χ0n) is 5.84. The van der Waals surface area contributed by atoms with Crippen LogP contribution < -0.4 is 17.2 Å². The van der Waals surface area contributed by atoms with Gasteiger partial charge in [-0.15, -0.1) is 6.58 Å². The van der Waals surface area contributed by atoms with Crippen LogP contribution in [0.4, 0.5) is 0 Å². The fraction of sp³-hybridized carbons (Fsp3) is 0.333. The highest BCUT2D eigenvalue weighted by molar-refractivity contribution is 5.02. The summed E-state index contributed by atoms with van der Waals surface area (Å²) in [6.45, 7) is 7.02. The molecule has 0 aliphatic heterocycles. The van der Waals surface area contributed by atoms with Crippen LogP contribution in [-0.4, -0.2) is 12.5 Å². The SMILES string of the molecule is C=CCOC(N)(N)C(=C)N. The van der Waals surface area contributed by atoms with Crippen molar-refractivity contribution in [2.24, 2.45) is 17.2 Å². The average Bonchev–Trinajstić information content (AvgIpc) is 1.84. The van der Waals surface area contributed by atoms with Crippen molar-refractivity contribution in [1.29, 1.82) is 0 Å². The van der Waals surface area contributed by atoms with Crippen molar-refractivity contribution in [3.05, 3.63) is 24.9 Å². The van der Waals surface area contributed by atoms with Crippen LogP contribution in [0.2, 0.25) is 0 Å². The van der Waals surface area contributed by atoms with Gasteiger partial charge in [0.2, 0.25) is 5.85 Å². The molecule has 10 heavy (non-hydrogen) atoms. The van der Waals surface area contributed by atoms with Gasteiger partial charge in [-0.3, -0.25) is 11.5 Å². The highest BCUT2D eigenvalue weighted by Crippen LogP contribution is 1.99. The van der Waals surface area contributed by atoms with Gasteiger partial charge in [-0.05, 0) is 0 Å². The molecule has 0 aliphatic rings. The molecule has 58 valence electrons. The van der Waals surface area contributed by atoms with Crippen molar-refractivity contribution in [2.75, 3.05) is 6.61 Å². The predicted molar refractivity (Wildman–Crippen MR) is 40.6 cm³/mol. The van der Waals surface area contributed by atoms with Crippen LogP contribution in [0.5, 0.6) is 0 Å². The largest absolute Gasteiger partial charge is 0.398 e. The van der Waals surface area contributed by atoms with Crippen molar-refractivity contribution >= 4 is 0 Å². The predicted octanol–water partition coefficient (Wildman–Crippen LogP) is -0.767. The van der Waals surface area contributed by atoms with E-state index in [9.17, 15) is 0 Å². The zero-order valence-corrected chi connectivity index (χ0v) is 5.84. The van der Waals surface area contributed by atoms with Gasteiger partial charge in [-0.2, -0.15) is 0 Å². The highest BCUT2D eigenvalue weighted by atomic mass is 16.5. The smallest absolute Gasteiger partial charge is 0.211 e. The molecule has 0 aromatic carbocycles. The standard InChI is InChI=1S/C6H13N3O/c1-3-4-10-6(8,9)5(2)7/h3H,1-2,4,7-9H2. The third-order valence-corrected chi connectivity index (χ3v) is 0.942. The van der Waals surface area contributed by atoms with Gasteiger partial charge in [0.05, 0.1) is 12.3 Å². The van der Waals surface area contributed by atoms with Gasteiger partial charge < -0.3 is 10.5 Å². The maximum absolute atomic E-state index is 5.33. The average molecular weight is 143 g/mol. The van der Waals surface area contributed by atoms with E-state index in [-0.39, 0.29) is 12.3 Å². The Hall–Kier alpha value is -0.840. The lowest BCUT2D eigenvalue weighted by Gasteiger charge is -2.23. The van der Waals surface area contributed by atoms with Crippen LogP contribution in [0.3, 0.4) is 0 Å². The van der Waals surface area contributed by atoms with Crippen molar-refractivity contribution in [3.63, 3.8) is 0 Å². The summed E-state index contributed by atoms with van der Waals surface area (Å²) in [5, 5.41) is 0. The minimum atomic E-state index is -1.44. The maximum atomic E-state index is 5.33. The molecular formula is C6H13N3O. The summed E-state index contributed by atoms with van der Waals surface area (Å²) in [5.41, 5.74) is 16.0. The second-order valence-corrected chi connectivity index (χ2v) is 1.92. The van der Waals surface area contributed by atoms with E-state index in [0.29, 0.717) is 0 Å². The Morgan fingerprint density at radius 3 is 2.40 bits per heavy atom. The summed E-state index contributed by atoms with van der Waals surface area (Å²) in [5.74, 6) is -1.44. The monoisotopic (exact) mass is 143 g/mol. The lowest BCUT2D eigenvalue weighted by atomic mass is 10.3. The Balaban J connectivity index is 3.86. The molecule has 0 unspecified atom stereocenters. The topological polar surface area (TPSA) is 87.3 Å². The van der Waals surface area contributed by atoms with E-state index in [1.165, 1.54) is 6.08 Å². The third kappa shape index (κ3) is 2.63. The Morgan fingerprint density at radius 1 is 1.60 bits per heavy atom. The molecule has 0 aromatic heterocycles. The molecule has 0 fully saturated rings. The van der Waals surface area contributed by atoms with Gasteiger partial charge in [0.25, 0.3) is 0 Å². The van der Waals surface area contributed by atoms with E-state index in [2.05, 4.69) is 13.2 Å². The van der Waals surface area contributed by atoms with Crippen LogP contribution in [-0.2, 0) is 4.74 Å². The Labute approximate surface area is 60.3 Å². The third-order valence-electron chi connectivity index (χ3n) is 0.942. The fourth-order valence-corrected chi connectivity index (χ4v) is 0.290. The summed E-state index contributed by atoms with van der Waals surface area (Å²) in [6, 6.07) is 0. The van der Waals surface area contributed by atoms with Crippen LogP contribution in [0.15, 0.2) is 24.9 Å². The number of hydrogen-bond acceptors (Lipinski definition) is 4. The van der Waals surface area contributed by atoms with Gasteiger partial charge in [0, 0.05) is 0 Å². The second-order valence-electron chi connectivity index (χ2n) is 1.92. The molecule has 0 aromatic rings. The summed E-state index contributed by atoms with van der Waals surface area (Å²) in [7, 11) is 0. The molecule has 4 nitrogen and oxygen atoms in total. The first-order valence-corrected chi connectivity index (χ1v) is 2.78. The van der Waals surface area contributed by atoms with Crippen LogP contribution in [0.25, 0.3) is 0 Å². The number of ether oxygens (including phenoxy) is 1. The van der Waals surface area contributed by atoms with Gasteiger partial charge in [-0.1, -0.05) is 12.7 Å². The molecule has 0 aliphatic carbocycles. The Kier molecular flexibility index (Phi) is 3.08. The molecule has 0 heterocycles. The van der Waals surface area contributed by atoms with Crippen LogP contribution in [0.1, 0.15) is 0 Å². The van der Waals surface area contributed by atoms with Crippen molar-refractivity contribution in [1.82, 2.24) is 0 Å². The second kappa shape index (κ2) is 3.36. The molecular weight excluding hydrogens is 130 g/mol. The van der Waals surface area contributed by atoms with Crippen LogP contribution in [0, 0.1) is 0 Å². The van der Waals surface area contributed by atoms with E-state index in [4.69, 9.17) is 21.9 Å². The molecule has 0 saturated heterocycles. The summed E-state index contributed by atoms with van der Waals surface area (Å²) < 4.78 is 4.85. The molecule has 0 atom stereocenters. The summed E-state index contributed by atoms with van der Waals surface area (Å²) >= 11 is 0. The molecule has 6 N–H and O–H groups in total. The molecule has 0 bridgehead atoms. The fourth-order valence-electron chi connectivity index (χ4n) is 0.290. The van der Waals surface area contributed by atoms with E-state index in [1.807, 2.05) is 0 Å². The van der Waals surface area contributed by atoms with Crippen LogP contribution >= 0.6 is 0 Å². The first-order valence-electron chi connectivity index (χ1n) is 2.78. The molecule has 0 rings (SSSR count). The minimum absolute atomic E-state index is 0.0920. The lowest BCUT2D eigenvalue weighted by Crippen LogP contribution is -2.55. The Morgan fingerprint density at radius 2 is 2.10 bits per heavy atom. The van der Waals surface area contributed by atoms with Gasteiger partial charge in [-0.25, -0.2) is 0 Å². The Bertz CT molecular complexity index is 142. The van der Waals surface area contributed by atoms with E-state index < -0.39 is 5.85 Å². The maximum Gasteiger partial charge on any atom is 0.211 e. The van der Waals surface area contributed by atoms with E-state index in [1.54, 1.807) is 0 Å². The molecule has 0 saturated carbocycles. The number of hydrogen-bond donors (Lipinski definition) is 3. The first-order chi connectivity index (χ1) is 4.50. The molecule has 0 spiro atoms. The van der Waals surface area contributed by atoms with Gasteiger partial charge in [0.1, 0.15) is 0 Å². The number of nitrogens with two attached hydrogens (primary N) is 3. The quantitative estimate of drug-likeness (QED) is 0.356. The first kappa shape index (κ1) is 9.16. The van der Waals surface area contributed by atoms with E-state index >= 15 is 0 Å². The molecule has 4 heteroatoms. The van der Waals surface area contributed by atoms with E-state index in [0.717, 1.165) is 0 Å². The normalized spacial score (nSPS) is 11.0. The summed E-state index contributed by atoms with van der Waals surface area (Å²) in [6.07, 6.45) is 1.53. The lowest BCUT2D eigenvalue weighted by molar-refractivity contribution is 0.00838. The molecule has 0 amide bonds. The van der Waals surface area contributed by atoms with Gasteiger partial charge in [0.15, 0.2) is 0 Å². The van der Waals surface area contributed by atoms with Gasteiger partial charge >= 0.3 is 0 Å². The number of rotatable bonds is 4. The molecule has 0 radical (unpaired) electrons. The van der Waals surface area contributed by atoms with Crippen molar-refractivity contribution < 1.29 is 4.74 Å². The van der Waals surface area contributed by atoms with Crippen molar-refractivity contribution in [3.8, 4) is 0 Å². The zero-order chi connectivity index (χ0) is 8.20. The van der Waals surface area contributed by atoms with Crippen molar-refractivity contribution in [2.45, 2.75) is 5.85 Å².